The van der Waals surface area contributed by atoms with Gasteiger partial charge in [-0.15, -0.1) is 11.8 Å². The Labute approximate surface area is 150 Å². The quantitative estimate of drug-likeness (QED) is 0.394. The zero-order valence-corrected chi connectivity index (χ0v) is 15.3. The minimum Gasteiger partial charge on any atom is -0.359 e. The van der Waals surface area contributed by atoms with Crippen molar-refractivity contribution >= 4 is 45.0 Å². The molecule has 2 aromatic carbocycles. The fourth-order valence-corrected chi connectivity index (χ4v) is 2.97. The van der Waals surface area contributed by atoms with Crippen LogP contribution in [-0.4, -0.2) is 19.3 Å². The average Bonchev–Trinajstić information content (AvgIpc) is 2.56. The lowest BCUT2D eigenvalue weighted by Crippen LogP contribution is -2.35. The van der Waals surface area contributed by atoms with Crippen LogP contribution in [0.1, 0.15) is 5.56 Å². The van der Waals surface area contributed by atoms with Crippen LogP contribution in [0, 0.1) is 5.41 Å². The van der Waals surface area contributed by atoms with Crippen LogP contribution in [0.3, 0.4) is 0 Å². The van der Waals surface area contributed by atoms with Crippen LogP contribution in [0.15, 0.2) is 51.8 Å². The highest BCUT2D eigenvalue weighted by atomic mass is 79.9. The second-order valence-corrected chi connectivity index (χ2v) is 6.53. The summed E-state index contributed by atoms with van der Waals surface area (Å²) < 4.78 is 39.7. The third-order valence-electron chi connectivity index (χ3n) is 3.29. The van der Waals surface area contributed by atoms with Gasteiger partial charge < -0.3 is 5.32 Å². The summed E-state index contributed by atoms with van der Waals surface area (Å²) in [5.74, 6) is -0.0340. The number of alkyl halides is 3. The zero-order valence-electron chi connectivity index (χ0n) is 12.9. The zero-order chi connectivity index (χ0) is 17.9. The van der Waals surface area contributed by atoms with Crippen molar-refractivity contribution in [1.29, 1.82) is 5.41 Å². The third-order valence-corrected chi connectivity index (χ3v) is 4.68. The fourth-order valence-electron chi connectivity index (χ4n) is 2.11. The highest BCUT2D eigenvalue weighted by Crippen LogP contribution is 2.37. The molecule has 0 atom stereocenters. The van der Waals surface area contributed by atoms with E-state index >= 15 is 0 Å². The first-order valence-corrected chi connectivity index (χ1v) is 8.87. The van der Waals surface area contributed by atoms with Crippen LogP contribution in [-0.2, 0) is 6.18 Å². The number of nitrogens with one attached hydrogen (secondary N) is 2. The molecule has 2 aromatic rings. The summed E-state index contributed by atoms with van der Waals surface area (Å²) in [5.41, 5.74) is 0.0784. The van der Waals surface area contributed by atoms with Crippen molar-refractivity contribution in [3.8, 4) is 0 Å². The molecule has 0 aromatic heterocycles. The van der Waals surface area contributed by atoms with Gasteiger partial charge in [-0.1, -0.05) is 6.07 Å². The maximum Gasteiger partial charge on any atom is 0.416 e. The standard InChI is InChI=1S/C16H15BrF3N3S/c1-22-15(21)23(14-9-12(24-2)6-7-13(14)17)11-5-3-4-10(8-11)16(18,19)20/h3-9H,1-2H3,(H2,21,22). The van der Waals surface area contributed by atoms with Crippen LogP contribution in [0.5, 0.6) is 0 Å². The third kappa shape index (κ3) is 4.05. The first-order chi connectivity index (χ1) is 11.3. The summed E-state index contributed by atoms with van der Waals surface area (Å²) in [6.07, 6.45) is -2.53. The molecule has 0 saturated carbocycles. The number of anilines is 2. The van der Waals surface area contributed by atoms with Crippen molar-refractivity contribution in [2.45, 2.75) is 11.1 Å². The molecule has 0 aliphatic rings. The molecule has 0 fully saturated rings. The SMILES string of the molecule is CNC(=N)N(c1cccc(C(F)(F)F)c1)c1cc(SC)ccc1Br. The molecule has 3 nitrogen and oxygen atoms in total. The molecule has 24 heavy (non-hydrogen) atoms. The molecule has 0 aliphatic heterocycles. The van der Waals surface area contributed by atoms with Gasteiger partial charge in [0.2, 0.25) is 0 Å². The molecule has 0 radical (unpaired) electrons. The molecule has 2 rings (SSSR count). The number of hydrogen-bond acceptors (Lipinski definition) is 2. The van der Waals surface area contributed by atoms with E-state index in [4.69, 9.17) is 5.41 Å². The summed E-state index contributed by atoms with van der Waals surface area (Å²) in [6, 6.07) is 10.4. The number of nitrogens with zero attached hydrogens (tertiary/aromatic N) is 1. The van der Waals surface area contributed by atoms with E-state index in [-0.39, 0.29) is 11.6 Å². The summed E-state index contributed by atoms with van der Waals surface area (Å²) in [4.78, 5) is 2.37. The Morgan fingerprint density at radius 1 is 1.21 bits per heavy atom. The molecule has 0 amide bonds. The van der Waals surface area contributed by atoms with E-state index in [1.165, 1.54) is 22.7 Å². The lowest BCUT2D eigenvalue weighted by Gasteiger charge is -2.27. The number of thioether (sulfide) groups is 1. The molecule has 128 valence electrons. The van der Waals surface area contributed by atoms with Gasteiger partial charge in [-0.05, 0) is 58.6 Å². The first kappa shape index (κ1) is 18.7. The lowest BCUT2D eigenvalue weighted by atomic mass is 10.1. The Kier molecular flexibility index (Phi) is 5.82. The van der Waals surface area contributed by atoms with Crippen LogP contribution in [0.25, 0.3) is 0 Å². The normalized spacial score (nSPS) is 11.2. The van der Waals surface area contributed by atoms with Gasteiger partial charge in [-0.2, -0.15) is 13.2 Å². The Balaban J connectivity index is 2.61. The summed E-state index contributed by atoms with van der Waals surface area (Å²) >= 11 is 4.93. The van der Waals surface area contributed by atoms with Gasteiger partial charge in [0.15, 0.2) is 5.96 Å². The maximum absolute atomic E-state index is 13.0. The van der Waals surface area contributed by atoms with E-state index < -0.39 is 11.7 Å². The molecule has 0 spiro atoms. The topological polar surface area (TPSA) is 39.1 Å². The number of benzene rings is 2. The van der Waals surface area contributed by atoms with Crippen molar-refractivity contribution in [1.82, 2.24) is 5.32 Å². The van der Waals surface area contributed by atoms with Gasteiger partial charge in [0, 0.05) is 22.1 Å². The van der Waals surface area contributed by atoms with Crippen LogP contribution < -0.4 is 10.2 Å². The maximum atomic E-state index is 13.0. The molecule has 0 aliphatic carbocycles. The van der Waals surface area contributed by atoms with Gasteiger partial charge in [-0.25, -0.2) is 0 Å². The Morgan fingerprint density at radius 2 is 1.92 bits per heavy atom. The fraction of sp³-hybridized carbons (Fsp3) is 0.188. The smallest absolute Gasteiger partial charge is 0.359 e. The Bertz CT molecular complexity index is 750. The first-order valence-electron chi connectivity index (χ1n) is 6.85. The Morgan fingerprint density at radius 3 is 2.50 bits per heavy atom. The van der Waals surface area contributed by atoms with E-state index in [0.717, 1.165) is 17.0 Å². The molecule has 0 unspecified atom stereocenters. The number of guanidine groups is 1. The van der Waals surface area contributed by atoms with Gasteiger partial charge >= 0.3 is 6.18 Å². The van der Waals surface area contributed by atoms with Crippen LogP contribution >= 0.6 is 27.7 Å². The molecule has 0 saturated heterocycles. The second kappa shape index (κ2) is 7.48. The number of halogens is 4. The van der Waals surface area contributed by atoms with E-state index in [1.54, 1.807) is 13.1 Å². The minimum absolute atomic E-state index is 0.0340. The predicted molar refractivity (Wildman–Crippen MR) is 96.3 cm³/mol. The van der Waals surface area contributed by atoms with E-state index in [0.29, 0.717) is 10.2 Å². The van der Waals surface area contributed by atoms with E-state index in [1.807, 2.05) is 24.5 Å². The largest absolute Gasteiger partial charge is 0.416 e. The molecular formula is C16H15BrF3N3S. The van der Waals surface area contributed by atoms with E-state index in [2.05, 4.69) is 21.2 Å². The van der Waals surface area contributed by atoms with Crippen LogP contribution in [0.4, 0.5) is 24.5 Å². The second-order valence-electron chi connectivity index (χ2n) is 4.80. The van der Waals surface area contributed by atoms with Crippen molar-refractivity contribution in [2.24, 2.45) is 0 Å². The average molecular weight is 418 g/mol. The van der Waals surface area contributed by atoms with Gasteiger partial charge in [0.05, 0.1) is 11.3 Å². The minimum atomic E-state index is -4.44. The van der Waals surface area contributed by atoms with Crippen molar-refractivity contribution in [2.75, 3.05) is 18.2 Å². The monoisotopic (exact) mass is 417 g/mol. The van der Waals surface area contributed by atoms with Gasteiger partial charge in [0.1, 0.15) is 0 Å². The summed E-state index contributed by atoms with van der Waals surface area (Å²) in [6.45, 7) is 0. The Hall–Kier alpha value is -1.67. The molecule has 0 heterocycles. The number of rotatable bonds is 3. The molecule has 2 N–H and O–H groups in total. The predicted octanol–water partition coefficient (Wildman–Crippen LogP) is 5.48. The highest BCUT2D eigenvalue weighted by Gasteiger charge is 2.31. The molecular weight excluding hydrogens is 403 g/mol. The summed E-state index contributed by atoms with van der Waals surface area (Å²) in [7, 11) is 1.55. The van der Waals surface area contributed by atoms with Crippen molar-refractivity contribution in [3.05, 3.63) is 52.5 Å². The lowest BCUT2D eigenvalue weighted by molar-refractivity contribution is -0.137. The van der Waals surface area contributed by atoms with Crippen molar-refractivity contribution in [3.63, 3.8) is 0 Å². The highest BCUT2D eigenvalue weighted by molar-refractivity contribution is 9.10. The molecule has 8 heteroatoms. The summed E-state index contributed by atoms with van der Waals surface area (Å²) in [5, 5.41) is 10.8. The van der Waals surface area contributed by atoms with Crippen LogP contribution in [0.2, 0.25) is 0 Å². The van der Waals surface area contributed by atoms with E-state index in [9.17, 15) is 13.2 Å². The van der Waals surface area contributed by atoms with Gasteiger partial charge in [-0.3, -0.25) is 10.3 Å². The number of hydrogen-bond donors (Lipinski definition) is 2. The van der Waals surface area contributed by atoms with Gasteiger partial charge in [0.25, 0.3) is 0 Å². The molecule has 0 bridgehead atoms. The van der Waals surface area contributed by atoms with Crippen molar-refractivity contribution < 1.29 is 13.2 Å².